The Morgan fingerprint density at radius 1 is 1.09 bits per heavy atom. The average Bonchev–Trinajstić information content (AvgIpc) is 2.77. The van der Waals surface area contributed by atoms with Gasteiger partial charge in [0.1, 0.15) is 11.6 Å². The molecule has 2 N–H and O–H groups in total. The fourth-order valence-corrected chi connectivity index (χ4v) is 3.69. The minimum Gasteiger partial charge on any atom is -0.437 e. The maximum atomic E-state index is 13.1. The lowest BCUT2D eigenvalue weighted by molar-refractivity contribution is -0.137. The van der Waals surface area contributed by atoms with Crippen LogP contribution in [0.3, 0.4) is 0 Å². The quantitative estimate of drug-likeness (QED) is 0.542. The highest BCUT2D eigenvalue weighted by atomic mass is 35.5. The summed E-state index contributed by atoms with van der Waals surface area (Å²) in [5.41, 5.74) is 9.19. The zero-order chi connectivity index (χ0) is 23.6. The summed E-state index contributed by atoms with van der Waals surface area (Å²) in [4.78, 5) is 4.77. The van der Waals surface area contributed by atoms with Crippen LogP contribution in [0.25, 0.3) is 0 Å². The van der Waals surface area contributed by atoms with Crippen LogP contribution < -0.4 is 15.6 Å². The predicted molar refractivity (Wildman–Crippen MR) is 120 cm³/mol. The predicted octanol–water partition coefficient (Wildman–Crippen LogP) is 5.02. The normalized spacial score (nSPS) is 16.2. The van der Waals surface area contributed by atoms with Gasteiger partial charge in [-0.25, -0.2) is 5.43 Å². The second-order valence-electron chi connectivity index (χ2n) is 7.79. The molecule has 10 heteroatoms. The van der Waals surface area contributed by atoms with Crippen molar-refractivity contribution in [1.82, 2.24) is 21.0 Å². The first-order chi connectivity index (χ1) is 15.7. The van der Waals surface area contributed by atoms with Crippen molar-refractivity contribution in [2.45, 2.75) is 32.5 Å². The second kappa shape index (κ2) is 9.36. The number of aromatic nitrogens is 2. The second-order valence-corrected chi connectivity index (χ2v) is 8.17. The third kappa shape index (κ3) is 5.61. The van der Waals surface area contributed by atoms with Crippen LogP contribution >= 0.6 is 11.6 Å². The van der Waals surface area contributed by atoms with E-state index in [4.69, 9.17) is 21.3 Å². The van der Waals surface area contributed by atoms with Gasteiger partial charge in [-0.15, -0.1) is 10.2 Å². The number of ether oxygens (including phenoxy) is 1. The smallest absolute Gasteiger partial charge is 0.416 e. The lowest BCUT2D eigenvalue weighted by Crippen LogP contribution is -2.48. The lowest BCUT2D eigenvalue weighted by atomic mass is 9.99. The van der Waals surface area contributed by atoms with E-state index in [2.05, 4.69) is 46.2 Å². The van der Waals surface area contributed by atoms with Gasteiger partial charge in [0.05, 0.1) is 17.2 Å². The minimum absolute atomic E-state index is 0.0149. The fraction of sp³-hybridized carbons (Fsp3) is 0.261. The van der Waals surface area contributed by atoms with E-state index >= 15 is 0 Å². The largest absolute Gasteiger partial charge is 0.437 e. The summed E-state index contributed by atoms with van der Waals surface area (Å²) >= 11 is 6.04. The van der Waals surface area contributed by atoms with Crippen LogP contribution in [0.15, 0.2) is 53.5 Å². The molecule has 0 saturated carbocycles. The van der Waals surface area contributed by atoms with Crippen LogP contribution in [0, 0.1) is 13.8 Å². The molecule has 3 aromatic rings. The van der Waals surface area contributed by atoms with Crippen molar-refractivity contribution in [1.29, 1.82) is 0 Å². The molecule has 0 amide bonds. The summed E-state index contributed by atoms with van der Waals surface area (Å²) in [5, 5.41) is 7.81. The topological polar surface area (TPSA) is 71.4 Å². The number of nitrogens with one attached hydrogen (secondary N) is 2. The summed E-state index contributed by atoms with van der Waals surface area (Å²) in [6.07, 6.45) is -3.78. The van der Waals surface area contributed by atoms with Gasteiger partial charge >= 0.3 is 6.18 Å². The van der Waals surface area contributed by atoms with Crippen LogP contribution in [0.1, 0.15) is 27.8 Å². The van der Waals surface area contributed by atoms with Crippen molar-refractivity contribution in [3.05, 3.63) is 81.5 Å². The van der Waals surface area contributed by atoms with Crippen LogP contribution in [0.4, 0.5) is 13.2 Å². The summed E-state index contributed by atoms with van der Waals surface area (Å²) in [5.74, 6) is 0.368. The van der Waals surface area contributed by atoms with Crippen LogP contribution in [-0.2, 0) is 12.6 Å². The van der Waals surface area contributed by atoms with Crippen molar-refractivity contribution in [3.63, 3.8) is 0 Å². The number of rotatable bonds is 5. The highest BCUT2D eigenvalue weighted by molar-refractivity contribution is 6.29. The van der Waals surface area contributed by atoms with E-state index in [1.807, 2.05) is 6.92 Å². The van der Waals surface area contributed by atoms with Crippen molar-refractivity contribution in [2.24, 2.45) is 4.99 Å². The van der Waals surface area contributed by atoms with Crippen molar-refractivity contribution in [2.75, 3.05) is 6.54 Å². The van der Waals surface area contributed by atoms with Gasteiger partial charge in [-0.05, 0) is 55.7 Å². The van der Waals surface area contributed by atoms with Gasteiger partial charge in [-0.1, -0.05) is 41.4 Å². The summed E-state index contributed by atoms with van der Waals surface area (Å²) < 4.78 is 44.8. The maximum absolute atomic E-state index is 13.1. The van der Waals surface area contributed by atoms with Gasteiger partial charge in [0.2, 0.25) is 5.88 Å². The molecule has 1 aliphatic heterocycles. The van der Waals surface area contributed by atoms with Crippen LogP contribution in [0.2, 0.25) is 5.15 Å². The third-order valence-corrected chi connectivity index (χ3v) is 5.36. The van der Waals surface area contributed by atoms with Crippen molar-refractivity contribution < 1.29 is 17.9 Å². The molecule has 2 aromatic carbocycles. The van der Waals surface area contributed by atoms with Gasteiger partial charge in [-0.2, -0.15) is 13.2 Å². The molecule has 0 bridgehead atoms. The molecule has 0 saturated heterocycles. The van der Waals surface area contributed by atoms with Crippen LogP contribution in [0.5, 0.6) is 11.6 Å². The number of hydrogen-bond acceptors (Lipinski definition) is 6. The SMILES string of the molecule is Cc1ccc(C[C@@H]2CNNC(c3cc(Cl)nnc3Oc3cccc(C(F)(F)F)c3)=N2)c(C)c1. The Balaban J connectivity index is 1.62. The Bertz CT molecular complexity index is 1200. The summed E-state index contributed by atoms with van der Waals surface area (Å²) in [6.45, 7) is 4.70. The zero-order valence-corrected chi connectivity index (χ0v) is 18.6. The number of halogens is 4. The molecule has 33 heavy (non-hydrogen) atoms. The molecule has 2 heterocycles. The Morgan fingerprint density at radius 2 is 1.91 bits per heavy atom. The van der Waals surface area contributed by atoms with Gasteiger partial charge in [0.25, 0.3) is 0 Å². The van der Waals surface area contributed by atoms with Crippen molar-refractivity contribution in [3.8, 4) is 11.6 Å². The monoisotopic (exact) mass is 475 g/mol. The number of alkyl halides is 3. The molecule has 1 aliphatic rings. The van der Waals surface area contributed by atoms with E-state index in [1.54, 1.807) is 0 Å². The van der Waals surface area contributed by atoms with Crippen LogP contribution in [-0.4, -0.2) is 28.6 Å². The van der Waals surface area contributed by atoms with Crippen molar-refractivity contribution >= 4 is 17.4 Å². The lowest BCUT2D eigenvalue weighted by Gasteiger charge is -2.24. The number of aryl methyl sites for hydroxylation is 2. The highest BCUT2D eigenvalue weighted by Gasteiger charge is 2.31. The molecule has 1 atom stereocenters. The third-order valence-electron chi connectivity index (χ3n) is 5.17. The van der Waals surface area contributed by atoms with Gasteiger partial charge in [-0.3, -0.25) is 4.99 Å². The Kier molecular flexibility index (Phi) is 6.53. The molecule has 1 aromatic heterocycles. The minimum atomic E-state index is -4.49. The molecule has 4 rings (SSSR count). The van der Waals surface area contributed by atoms with E-state index in [0.29, 0.717) is 24.4 Å². The number of aliphatic imine (C=N–C) groups is 1. The Morgan fingerprint density at radius 3 is 2.67 bits per heavy atom. The van der Waals surface area contributed by atoms with E-state index in [0.717, 1.165) is 12.1 Å². The first-order valence-corrected chi connectivity index (χ1v) is 10.6. The van der Waals surface area contributed by atoms with E-state index in [1.165, 1.54) is 34.9 Å². The molecule has 0 spiro atoms. The Hall–Kier alpha value is -3.17. The van der Waals surface area contributed by atoms with E-state index < -0.39 is 11.7 Å². The summed E-state index contributed by atoms with van der Waals surface area (Å²) in [6, 6.07) is 12.2. The number of amidine groups is 1. The standard InChI is InChI=1S/C23H21ClF3N5O/c1-13-6-7-15(14(2)8-13)9-17-12-28-31-21(29-17)19-11-20(24)30-32-22(19)33-18-5-3-4-16(10-18)23(25,26)27/h3-8,10-11,17,28H,9,12H2,1-2H3,(H,29,31)/t17-/m1/s1. The van der Waals surface area contributed by atoms with E-state index in [9.17, 15) is 13.2 Å². The van der Waals surface area contributed by atoms with Gasteiger partial charge in [0, 0.05) is 6.54 Å². The number of hydrazine groups is 1. The van der Waals surface area contributed by atoms with E-state index in [-0.39, 0.29) is 22.8 Å². The highest BCUT2D eigenvalue weighted by Crippen LogP contribution is 2.33. The maximum Gasteiger partial charge on any atom is 0.416 e. The van der Waals surface area contributed by atoms with Gasteiger partial charge in [0.15, 0.2) is 5.15 Å². The molecular weight excluding hydrogens is 455 g/mol. The molecule has 0 unspecified atom stereocenters. The van der Waals surface area contributed by atoms with Gasteiger partial charge < -0.3 is 10.2 Å². The number of nitrogens with zero attached hydrogens (tertiary/aromatic N) is 3. The molecular formula is C23H21ClF3N5O. The first-order valence-electron chi connectivity index (χ1n) is 10.2. The zero-order valence-electron chi connectivity index (χ0n) is 17.9. The summed E-state index contributed by atoms with van der Waals surface area (Å²) in [7, 11) is 0. The molecule has 6 nitrogen and oxygen atoms in total. The average molecular weight is 476 g/mol. The Labute approximate surface area is 193 Å². The molecule has 0 aliphatic carbocycles. The number of benzene rings is 2. The fourth-order valence-electron chi connectivity index (χ4n) is 3.55. The first kappa shape index (κ1) is 23.0. The molecule has 172 valence electrons. The molecule has 0 fully saturated rings. The molecule has 0 radical (unpaired) electrons. The number of hydrogen-bond donors (Lipinski definition) is 2.